The van der Waals surface area contributed by atoms with Crippen molar-refractivity contribution in [2.24, 2.45) is 5.92 Å². The van der Waals surface area contributed by atoms with Gasteiger partial charge >= 0.3 is 5.69 Å². The number of likely N-dealkylation sites (N-methyl/N-ethyl adjacent to an activating group) is 1. The van der Waals surface area contributed by atoms with Crippen molar-refractivity contribution in [3.8, 4) is 0 Å². The maximum Gasteiger partial charge on any atom is 0.352 e. The Morgan fingerprint density at radius 3 is 2.78 bits per heavy atom. The second-order valence-corrected chi connectivity index (χ2v) is 8.44. The Morgan fingerprint density at radius 1 is 1.33 bits per heavy atom. The third kappa shape index (κ3) is 2.86. The van der Waals surface area contributed by atoms with Crippen LogP contribution in [-0.2, 0) is 24.2 Å². The summed E-state index contributed by atoms with van der Waals surface area (Å²) in [5.74, 6) is 1.21. The minimum atomic E-state index is -0.290. The van der Waals surface area contributed by atoms with Gasteiger partial charge in [0.05, 0.1) is 5.39 Å². The number of carbonyl (C=O) groups is 1. The van der Waals surface area contributed by atoms with Gasteiger partial charge in [0.15, 0.2) is 5.65 Å². The molecule has 0 spiro atoms. The van der Waals surface area contributed by atoms with Crippen LogP contribution in [0.4, 0.5) is 0 Å². The first kappa shape index (κ1) is 18.2. The Labute approximate surface area is 161 Å². The van der Waals surface area contributed by atoms with E-state index in [1.807, 2.05) is 20.8 Å². The molecule has 1 amide bonds. The maximum atomic E-state index is 12.9. The summed E-state index contributed by atoms with van der Waals surface area (Å²) in [4.78, 5) is 34.1. The van der Waals surface area contributed by atoms with E-state index in [0.717, 1.165) is 29.5 Å². The number of hydrogen-bond donors (Lipinski definition) is 0. The molecule has 0 saturated carbocycles. The minimum absolute atomic E-state index is 0.0352. The van der Waals surface area contributed by atoms with Gasteiger partial charge in [-0.15, -0.1) is 16.4 Å². The predicted molar refractivity (Wildman–Crippen MR) is 106 cm³/mol. The van der Waals surface area contributed by atoms with Crippen molar-refractivity contribution in [2.75, 3.05) is 13.1 Å². The lowest BCUT2D eigenvalue weighted by atomic mass is 9.89. The van der Waals surface area contributed by atoms with Crippen LogP contribution in [0, 0.1) is 12.8 Å². The highest BCUT2D eigenvalue weighted by Gasteiger charge is 2.25. The molecule has 0 unspecified atom stereocenters. The SMILES string of the molecule is CCN(CC)C(=O)Cn1nc2c3c4c(sc3nc(C)n2c1=O)C[C@H](C)CC4. The second kappa shape index (κ2) is 6.74. The van der Waals surface area contributed by atoms with Gasteiger partial charge in [-0.1, -0.05) is 6.92 Å². The zero-order chi connectivity index (χ0) is 19.3. The Balaban J connectivity index is 1.88. The third-order valence-electron chi connectivity index (χ3n) is 5.54. The molecule has 1 atom stereocenters. The van der Waals surface area contributed by atoms with Gasteiger partial charge in [-0.2, -0.15) is 0 Å². The van der Waals surface area contributed by atoms with E-state index in [1.165, 1.54) is 15.1 Å². The van der Waals surface area contributed by atoms with Crippen LogP contribution in [0.25, 0.3) is 15.9 Å². The lowest BCUT2D eigenvalue weighted by Crippen LogP contribution is -2.36. The third-order valence-corrected chi connectivity index (χ3v) is 6.69. The predicted octanol–water partition coefficient (Wildman–Crippen LogP) is 2.41. The number of hydrogen-bond acceptors (Lipinski definition) is 5. The number of thiophene rings is 1. The number of nitrogens with zero attached hydrogens (tertiary/aromatic N) is 5. The quantitative estimate of drug-likeness (QED) is 0.689. The second-order valence-electron chi connectivity index (χ2n) is 7.36. The van der Waals surface area contributed by atoms with E-state index >= 15 is 0 Å². The van der Waals surface area contributed by atoms with Crippen molar-refractivity contribution >= 4 is 33.1 Å². The summed E-state index contributed by atoms with van der Waals surface area (Å²) in [6.07, 6.45) is 3.20. The summed E-state index contributed by atoms with van der Waals surface area (Å²) in [5.41, 5.74) is 1.64. The molecule has 3 aromatic rings. The molecular formula is C19H25N5O2S. The largest absolute Gasteiger partial charge is 0.352 e. The van der Waals surface area contributed by atoms with Crippen LogP contribution >= 0.6 is 11.3 Å². The Bertz CT molecular complexity index is 1090. The Morgan fingerprint density at radius 2 is 2.07 bits per heavy atom. The summed E-state index contributed by atoms with van der Waals surface area (Å²) >= 11 is 1.72. The first-order chi connectivity index (χ1) is 12.9. The number of aryl methyl sites for hydroxylation is 2. The molecule has 1 aliphatic carbocycles. The van der Waals surface area contributed by atoms with Gasteiger partial charge in [-0.3, -0.25) is 4.79 Å². The molecule has 7 nitrogen and oxygen atoms in total. The van der Waals surface area contributed by atoms with Crippen molar-refractivity contribution in [1.82, 2.24) is 24.1 Å². The lowest BCUT2D eigenvalue weighted by molar-refractivity contribution is -0.131. The van der Waals surface area contributed by atoms with Gasteiger partial charge in [-0.25, -0.2) is 18.9 Å². The Hall–Kier alpha value is -2.22. The average molecular weight is 388 g/mol. The molecule has 0 saturated heterocycles. The molecule has 3 heterocycles. The topological polar surface area (TPSA) is 72.5 Å². The molecule has 0 radical (unpaired) electrons. The first-order valence-electron chi connectivity index (χ1n) is 9.62. The molecule has 3 aromatic heterocycles. The number of fused-ring (bicyclic) bond motifs is 5. The summed E-state index contributed by atoms with van der Waals surface area (Å²) in [6.45, 7) is 9.19. The molecule has 0 N–H and O–H groups in total. The summed E-state index contributed by atoms with van der Waals surface area (Å²) in [5, 5.41) is 5.58. The van der Waals surface area contributed by atoms with Gasteiger partial charge in [-0.05, 0) is 51.5 Å². The monoisotopic (exact) mass is 387 g/mol. The zero-order valence-electron chi connectivity index (χ0n) is 16.3. The summed E-state index contributed by atoms with van der Waals surface area (Å²) < 4.78 is 2.85. The van der Waals surface area contributed by atoms with Gasteiger partial charge < -0.3 is 4.90 Å². The number of amides is 1. The van der Waals surface area contributed by atoms with Crippen LogP contribution in [0.15, 0.2) is 4.79 Å². The zero-order valence-corrected chi connectivity index (χ0v) is 17.1. The highest BCUT2D eigenvalue weighted by Crippen LogP contribution is 2.38. The fourth-order valence-electron chi connectivity index (χ4n) is 4.01. The van der Waals surface area contributed by atoms with Gasteiger partial charge in [0, 0.05) is 18.0 Å². The molecule has 0 bridgehead atoms. The molecule has 144 valence electrons. The molecule has 0 aliphatic heterocycles. The number of carbonyl (C=O) groups excluding carboxylic acids is 1. The van der Waals surface area contributed by atoms with Crippen LogP contribution < -0.4 is 5.69 Å². The van der Waals surface area contributed by atoms with Crippen molar-refractivity contribution in [3.63, 3.8) is 0 Å². The van der Waals surface area contributed by atoms with Gasteiger partial charge in [0.1, 0.15) is 17.2 Å². The van der Waals surface area contributed by atoms with Crippen LogP contribution in [0.5, 0.6) is 0 Å². The molecular weight excluding hydrogens is 362 g/mol. The van der Waals surface area contributed by atoms with E-state index in [0.29, 0.717) is 30.5 Å². The first-order valence-corrected chi connectivity index (χ1v) is 10.4. The fourth-order valence-corrected chi connectivity index (χ4v) is 5.43. The van der Waals surface area contributed by atoms with Crippen LogP contribution in [0.1, 0.15) is 43.5 Å². The standard InChI is InChI=1S/C19H25N5O2S/c1-5-22(6-2)15(25)10-23-19(26)24-12(4)20-18-16(17(24)21-23)13-8-7-11(3)9-14(13)27-18/h11H,5-10H2,1-4H3/t11-/m1/s1. The highest BCUT2D eigenvalue weighted by atomic mass is 32.1. The lowest BCUT2D eigenvalue weighted by Gasteiger charge is -2.17. The fraction of sp³-hybridized carbons (Fsp3) is 0.579. The molecule has 0 aromatic carbocycles. The van der Waals surface area contributed by atoms with Gasteiger partial charge in [0.25, 0.3) is 0 Å². The van der Waals surface area contributed by atoms with Crippen molar-refractivity contribution < 1.29 is 4.79 Å². The molecule has 8 heteroatoms. The molecule has 27 heavy (non-hydrogen) atoms. The minimum Gasteiger partial charge on any atom is -0.342 e. The van der Waals surface area contributed by atoms with Gasteiger partial charge in [0.2, 0.25) is 5.91 Å². The smallest absolute Gasteiger partial charge is 0.342 e. The van der Waals surface area contributed by atoms with Crippen molar-refractivity contribution in [3.05, 3.63) is 26.7 Å². The normalized spacial score (nSPS) is 16.8. The summed E-state index contributed by atoms with van der Waals surface area (Å²) in [7, 11) is 0. The van der Waals surface area contributed by atoms with Crippen molar-refractivity contribution in [2.45, 2.75) is 53.5 Å². The number of aromatic nitrogens is 4. The van der Waals surface area contributed by atoms with E-state index in [4.69, 9.17) is 0 Å². The van der Waals surface area contributed by atoms with Crippen LogP contribution in [0.2, 0.25) is 0 Å². The van der Waals surface area contributed by atoms with Crippen LogP contribution in [-0.4, -0.2) is 43.1 Å². The molecule has 0 fully saturated rings. The maximum absolute atomic E-state index is 12.9. The van der Waals surface area contributed by atoms with E-state index in [-0.39, 0.29) is 18.1 Å². The van der Waals surface area contributed by atoms with E-state index in [9.17, 15) is 9.59 Å². The number of rotatable bonds is 4. The molecule has 4 rings (SSSR count). The summed E-state index contributed by atoms with van der Waals surface area (Å²) in [6, 6.07) is 0. The average Bonchev–Trinajstić information content (AvgIpc) is 3.13. The van der Waals surface area contributed by atoms with Crippen molar-refractivity contribution in [1.29, 1.82) is 0 Å². The van der Waals surface area contributed by atoms with E-state index < -0.39 is 0 Å². The molecule has 1 aliphatic rings. The van der Waals surface area contributed by atoms with E-state index in [1.54, 1.807) is 20.6 Å². The highest BCUT2D eigenvalue weighted by molar-refractivity contribution is 7.19. The van der Waals surface area contributed by atoms with E-state index in [2.05, 4.69) is 17.0 Å². The van der Waals surface area contributed by atoms with Crippen LogP contribution in [0.3, 0.4) is 0 Å². The Kier molecular flexibility index (Phi) is 4.53.